The number of rotatable bonds is 5. The second kappa shape index (κ2) is 6.98. The van der Waals surface area contributed by atoms with Gasteiger partial charge >= 0.3 is 0 Å². The van der Waals surface area contributed by atoms with Crippen LogP contribution in [0.1, 0.15) is 36.1 Å². The number of carbonyl (C=O) groups is 1. The Kier molecular flexibility index (Phi) is 4.92. The molecular formula is C19H22N2O3S. The lowest BCUT2D eigenvalue weighted by molar-refractivity contribution is -0.123. The third kappa shape index (κ3) is 3.91. The van der Waals surface area contributed by atoms with Gasteiger partial charge in [0.15, 0.2) is 0 Å². The van der Waals surface area contributed by atoms with Crippen LogP contribution in [0.3, 0.4) is 0 Å². The second-order valence-corrected chi connectivity index (χ2v) is 8.17. The molecule has 1 aliphatic rings. The molecule has 1 amide bonds. The van der Waals surface area contributed by atoms with Crippen molar-refractivity contribution < 1.29 is 13.2 Å². The average Bonchev–Trinajstić information content (AvgIpc) is 2.98. The lowest BCUT2D eigenvalue weighted by Gasteiger charge is -2.19. The number of fused-ring (bicyclic) bond motifs is 1. The summed E-state index contributed by atoms with van der Waals surface area (Å²) in [6.07, 6.45) is 1.76. The highest BCUT2D eigenvalue weighted by Crippen LogP contribution is 2.30. The molecule has 1 aliphatic carbocycles. The fraction of sp³-hybridized carbons (Fsp3) is 0.316. The second-order valence-electron chi connectivity index (χ2n) is 6.45. The maximum Gasteiger partial charge on any atom is 0.241 e. The van der Waals surface area contributed by atoms with Gasteiger partial charge in [-0.3, -0.25) is 4.79 Å². The molecule has 2 atom stereocenters. The normalized spacial score (nSPS) is 17.8. The van der Waals surface area contributed by atoms with Crippen molar-refractivity contribution in [2.45, 2.75) is 43.7 Å². The predicted molar refractivity (Wildman–Crippen MR) is 96.6 cm³/mol. The minimum atomic E-state index is -3.73. The van der Waals surface area contributed by atoms with Gasteiger partial charge in [0, 0.05) is 0 Å². The molecule has 0 unspecified atom stereocenters. The number of aryl methyl sites for hydroxylation is 2. The van der Waals surface area contributed by atoms with Gasteiger partial charge in [0.1, 0.15) is 0 Å². The van der Waals surface area contributed by atoms with Crippen LogP contribution in [-0.4, -0.2) is 20.4 Å². The van der Waals surface area contributed by atoms with E-state index in [0.717, 1.165) is 24.0 Å². The first-order valence-corrected chi connectivity index (χ1v) is 9.82. The van der Waals surface area contributed by atoms with Gasteiger partial charge in [0.05, 0.1) is 17.0 Å². The van der Waals surface area contributed by atoms with E-state index in [-0.39, 0.29) is 16.8 Å². The molecule has 0 radical (unpaired) electrons. The molecule has 2 aromatic rings. The molecule has 0 aromatic heterocycles. The summed E-state index contributed by atoms with van der Waals surface area (Å²) in [5.41, 5.74) is 3.33. The molecule has 0 fully saturated rings. The Hall–Kier alpha value is -2.18. The van der Waals surface area contributed by atoms with Crippen LogP contribution in [0.4, 0.5) is 0 Å². The van der Waals surface area contributed by atoms with Crippen LogP contribution >= 0.6 is 0 Å². The smallest absolute Gasteiger partial charge is 0.241 e. The van der Waals surface area contributed by atoms with Gasteiger partial charge in [-0.15, -0.1) is 0 Å². The van der Waals surface area contributed by atoms with Gasteiger partial charge in [-0.2, -0.15) is 4.72 Å². The monoisotopic (exact) mass is 358 g/mol. The van der Waals surface area contributed by atoms with Crippen molar-refractivity contribution in [1.29, 1.82) is 0 Å². The predicted octanol–water partition coefficient (Wildman–Crippen LogP) is 2.47. The Balaban J connectivity index is 1.66. The summed E-state index contributed by atoms with van der Waals surface area (Å²) in [5.74, 6) is -0.322. The lowest BCUT2D eigenvalue weighted by atomic mass is 10.1. The third-order valence-corrected chi connectivity index (χ3v) is 6.06. The summed E-state index contributed by atoms with van der Waals surface area (Å²) in [4.78, 5) is 12.6. The van der Waals surface area contributed by atoms with E-state index in [1.165, 1.54) is 17.7 Å². The third-order valence-electron chi connectivity index (χ3n) is 4.51. The number of nitrogens with one attached hydrogen (secondary N) is 2. The summed E-state index contributed by atoms with van der Waals surface area (Å²) < 4.78 is 27.3. The summed E-state index contributed by atoms with van der Waals surface area (Å²) >= 11 is 0. The summed E-state index contributed by atoms with van der Waals surface area (Å²) in [5, 5.41) is 2.95. The van der Waals surface area contributed by atoms with Gasteiger partial charge in [0.2, 0.25) is 15.9 Å². The van der Waals surface area contributed by atoms with Crippen molar-refractivity contribution in [3.8, 4) is 0 Å². The zero-order chi connectivity index (χ0) is 18.0. The molecule has 0 saturated carbocycles. The number of benzene rings is 2. The molecule has 25 heavy (non-hydrogen) atoms. The minimum Gasteiger partial charge on any atom is -0.348 e. The highest BCUT2D eigenvalue weighted by atomic mass is 32.2. The van der Waals surface area contributed by atoms with E-state index in [4.69, 9.17) is 0 Å². The van der Waals surface area contributed by atoms with Crippen LogP contribution in [0.15, 0.2) is 53.4 Å². The maximum absolute atomic E-state index is 12.4. The van der Waals surface area contributed by atoms with Crippen molar-refractivity contribution in [1.82, 2.24) is 10.0 Å². The number of hydrogen-bond donors (Lipinski definition) is 2. The zero-order valence-electron chi connectivity index (χ0n) is 14.3. The van der Waals surface area contributed by atoms with Crippen LogP contribution in [0, 0.1) is 6.92 Å². The molecule has 6 heteroatoms. The Morgan fingerprint density at radius 3 is 2.52 bits per heavy atom. The van der Waals surface area contributed by atoms with Gasteiger partial charge in [0.25, 0.3) is 0 Å². The molecule has 2 aromatic carbocycles. The Morgan fingerprint density at radius 1 is 1.12 bits per heavy atom. The Morgan fingerprint density at radius 2 is 1.80 bits per heavy atom. The van der Waals surface area contributed by atoms with E-state index in [9.17, 15) is 13.2 Å². The molecule has 132 valence electrons. The largest absolute Gasteiger partial charge is 0.348 e. The van der Waals surface area contributed by atoms with Crippen LogP contribution in [0.5, 0.6) is 0 Å². The zero-order valence-corrected chi connectivity index (χ0v) is 15.1. The summed E-state index contributed by atoms with van der Waals surface area (Å²) in [7, 11) is -3.73. The molecule has 5 nitrogen and oxygen atoms in total. The van der Waals surface area contributed by atoms with Crippen molar-refractivity contribution in [2.75, 3.05) is 0 Å². The molecule has 0 spiro atoms. The van der Waals surface area contributed by atoms with Crippen LogP contribution in [0.2, 0.25) is 0 Å². The van der Waals surface area contributed by atoms with E-state index in [1.54, 1.807) is 19.1 Å². The van der Waals surface area contributed by atoms with Crippen LogP contribution in [0.25, 0.3) is 0 Å². The lowest BCUT2D eigenvalue weighted by Crippen LogP contribution is -2.45. The Labute approximate surface area is 148 Å². The molecule has 0 bridgehead atoms. The first kappa shape index (κ1) is 17.6. The van der Waals surface area contributed by atoms with Crippen molar-refractivity contribution in [2.24, 2.45) is 0 Å². The van der Waals surface area contributed by atoms with Gasteiger partial charge in [-0.1, -0.05) is 42.0 Å². The quantitative estimate of drug-likeness (QED) is 0.862. The summed E-state index contributed by atoms with van der Waals surface area (Å²) in [6.45, 7) is 3.45. The van der Waals surface area contributed by atoms with E-state index in [2.05, 4.69) is 16.1 Å². The molecule has 0 aliphatic heterocycles. The number of amides is 1. The van der Waals surface area contributed by atoms with Gasteiger partial charge < -0.3 is 5.32 Å². The number of sulfonamides is 1. The average molecular weight is 358 g/mol. The van der Waals surface area contributed by atoms with Gasteiger partial charge in [-0.05, 0) is 49.9 Å². The first-order valence-electron chi connectivity index (χ1n) is 8.34. The molecule has 2 N–H and O–H groups in total. The fourth-order valence-corrected chi connectivity index (χ4v) is 4.28. The molecule has 0 heterocycles. The van der Waals surface area contributed by atoms with E-state index in [1.807, 2.05) is 25.1 Å². The highest BCUT2D eigenvalue weighted by Gasteiger charge is 2.27. The SMILES string of the molecule is Cc1ccc(S(=O)(=O)N[C@H](C)C(=O)N[C@@H]2CCc3ccccc32)cc1. The van der Waals surface area contributed by atoms with Crippen molar-refractivity contribution >= 4 is 15.9 Å². The molecular weight excluding hydrogens is 336 g/mol. The first-order chi connectivity index (χ1) is 11.9. The van der Waals surface area contributed by atoms with Crippen LogP contribution in [-0.2, 0) is 21.2 Å². The maximum atomic E-state index is 12.4. The van der Waals surface area contributed by atoms with E-state index < -0.39 is 16.1 Å². The van der Waals surface area contributed by atoms with Crippen molar-refractivity contribution in [3.63, 3.8) is 0 Å². The molecule has 3 rings (SSSR count). The summed E-state index contributed by atoms with van der Waals surface area (Å²) in [6, 6.07) is 13.6. The fourth-order valence-electron chi connectivity index (χ4n) is 3.08. The van der Waals surface area contributed by atoms with Crippen LogP contribution < -0.4 is 10.0 Å². The van der Waals surface area contributed by atoms with Crippen molar-refractivity contribution in [3.05, 3.63) is 65.2 Å². The molecule has 0 saturated heterocycles. The minimum absolute atomic E-state index is 0.0602. The highest BCUT2D eigenvalue weighted by molar-refractivity contribution is 7.89. The van der Waals surface area contributed by atoms with E-state index in [0.29, 0.717) is 0 Å². The topological polar surface area (TPSA) is 75.3 Å². The number of carbonyl (C=O) groups excluding carboxylic acids is 1. The van der Waals surface area contributed by atoms with E-state index >= 15 is 0 Å². The standard InChI is InChI=1S/C19H22N2O3S/c1-13-7-10-16(11-8-13)25(23,24)21-14(2)19(22)20-18-12-9-15-5-3-4-6-17(15)18/h3-8,10-11,14,18,21H,9,12H2,1-2H3,(H,20,22)/t14-,18-/m1/s1. The Bertz CT molecular complexity index is 876. The van der Waals surface area contributed by atoms with Gasteiger partial charge in [-0.25, -0.2) is 8.42 Å². The number of hydrogen-bond acceptors (Lipinski definition) is 3.